The van der Waals surface area contributed by atoms with Gasteiger partial charge in [-0.2, -0.15) is 0 Å². The second-order valence-electron chi connectivity index (χ2n) is 4.89. The van der Waals surface area contributed by atoms with E-state index in [9.17, 15) is 0 Å². The second-order valence-corrected chi connectivity index (χ2v) is 4.89. The topological polar surface area (TPSA) is 51.4 Å². The van der Waals surface area contributed by atoms with E-state index in [4.69, 9.17) is 10.5 Å². The minimum absolute atomic E-state index is 0.511. The van der Waals surface area contributed by atoms with Crippen LogP contribution in [0.3, 0.4) is 0 Å². The van der Waals surface area contributed by atoms with Gasteiger partial charge < -0.3 is 15.4 Å². The van der Waals surface area contributed by atoms with Gasteiger partial charge in [0.15, 0.2) is 0 Å². The molecule has 0 spiro atoms. The normalized spacial score (nSPS) is 10.3. The molecule has 2 rings (SSSR count). The van der Waals surface area contributed by atoms with Gasteiger partial charge in [-0.1, -0.05) is 18.2 Å². The van der Waals surface area contributed by atoms with Crippen molar-refractivity contribution in [1.82, 2.24) is 4.98 Å². The van der Waals surface area contributed by atoms with Crippen molar-refractivity contribution in [2.24, 2.45) is 0 Å². The van der Waals surface area contributed by atoms with E-state index in [2.05, 4.69) is 48.2 Å². The Hall–Kier alpha value is -2.23. The number of anilines is 2. The van der Waals surface area contributed by atoms with Crippen LogP contribution < -0.4 is 15.4 Å². The molecular formula is C16H21N3O. The van der Waals surface area contributed by atoms with Crippen LogP contribution in [0, 0.1) is 0 Å². The molecule has 1 aromatic carbocycles. The molecule has 20 heavy (non-hydrogen) atoms. The Morgan fingerprint density at radius 2 is 1.95 bits per heavy atom. The molecule has 0 radical (unpaired) electrons. The van der Waals surface area contributed by atoms with E-state index in [1.54, 1.807) is 12.3 Å². The third-order valence-electron chi connectivity index (χ3n) is 3.09. The molecule has 0 unspecified atom stereocenters. The minimum Gasteiger partial charge on any atom is -0.492 e. The number of rotatable bonds is 6. The number of nitrogens with two attached hydrogens (primary N) is 1. The van der Waals surface area contributed by atoms with E-state index in [0.29, 0.717) is 12.4 Å². The van der Waals surface area contributed by atoms with Gasteiger partial charge in [-0.05, 0) is 36.6 Å². The van der Waals surface area contributed by atoms with E-state index >= 15 is 0 Å². The Labute approximate surface area is 120 Å². The number of pyridine rings is 1. The van der Waals surface area contributed by atoms with Crippen molar-refractivity contribution in [2.75, 3.05) is 31.3 Å². The van der Waals surface area contributed by atoms with E-state index < -0.39 is 0 Å². The molecule has 0 fully saturated rings. The monoisotopic (exact) mass is 271 g/mol. The first-order valence-electron chi connectivity index (χ1n) is 6.76. The highest BCUT2D eigenvalue weighted by Crippen LogP contribution is 2.19. The lowest BCUT2D eigenvalue weighted by atomic mass is 10.1. The Morgan fingerprint density at radius 3 is 2.65 bits per heavy atom. The number of nitrogens with zero attached hydrogens (tertiary/aromatic N) is 2. The fourth-order valence-corrected chi connectivity index (χ4v) is 2.09. The average molecular weight is 271 g/mol. The Balaban J connectivity index is 1.83. The SMILES string of the molecule is CN(C)c1ccccc1CCCOc1ccc(N)nc1. The molecule has 0 aliphatic rings. The first-order valence-corrected chi connectivity index (χ1v) is 6.76. The highest BCUT2D eigenvalue weighted by molar-refractivity contribution is 5.52. The fraction of sp³-hybridized carbons (Fsp3) is 0.312. The summed E-state index contributed by atoms with van der Waals surface area (Å²) in [6, 6.07) is 12.0. The summed E-state index contributed by atoms with van der Waals surface area (Å²) in [6.45, 7) is 0.674. The van der Waals surface area contributed by atoms with Crippen LogP contribution in [0.1, 0.15) is 12.0 Å². The van der Waals surface area contributed by atoms with Crippen LogP contribution in [0.4, 0.5) is 11.5 Å². The molecule has 0 amide bonds. The Bertz CT molecular complexity index is 538. The molecule has 0 bridgehead atoms. The maximum absolute atomic E-state index is 5.65. The van der Waals surface area contributed by atoms with Gasteiger partial charge in [0.05, 0.1) is 12.8 Å². The maximum Gasteiger partial charge on any atom is 0.137 e. The van der Waals surface area contributed by atoms with Crippen LogP contribution in [0.5, 0.6) is 5.75 Å². The number of ether oxygens (including phenoxy) is 1. The molecule has 0 atom stereocenters. The number of aryl methyl sites for hydroxylation is 1. The molecule has 4 heteroatoms. The van der Waals surface area contributed by atoms with Crippen LogP contribution in [-0.2, 0) is 6.42 Å². The molecule has 0 saturated carbocycles. The lowest BCUT2D eigenvalue weighted by Crippen LogP contribution is -2.11. The summed E-state index contributed by atoms with van der Waals surface area (Å²) in [7, 11) is 4.13. The Morgan fingerprint density at radius 1 is 1.15 bits per heavy atom. The summed E-state index contributed by atoms with van der Waals surface area (Å²) in [4.78, 5) is 6.14. The van der Waals surface area contributed by atoms with E-state index in [1.165, 1.54) is 11.3 Å². The predicted octanol–water partition coefficient (Wildman–Crippen LogP) is 2.74. The summed E-state index contributed by atoms with van der Waals surface area (Å²) in [5.74, 6) is 1.28. The second kappa shape index (κ2) is 6.80. The van der Waals surface area contributed by atoms with Crippen LogP contribution in [0.15, 0.2) is 42.6 Å². The molecule has 0 aliphatic heterocycles. The highest BCUT2D eigenvalue weighted by Gasteiger charge is 2.03. The van der Waals surface area contributed by atoms with Crippen molar-refractivity contribution in [3.63, 3.8) is 0 Å². The molecule has 2 N–H and O–H groups in total. The van der Waals surface area contributed by atoms with Crippen molar-refractivity contribution in [3.8, 4) is 5.75 Å². The van der Waals surface area contributed by atoms with Gasteiger partial charge in [0.2, 0.25) is 0 Å². The maximum atomic E-state index is 5.65. The van der Waals surface area contributed by atoms with E-state index in [1.807, 2.05) is 6.07 Å². The van der Waals surface area contributed by atoms with Crippen molar-refractivity contribution in [1.29, 1.82) is 0 Å². The van der Waals surface area contributed by atoms with Gasteiger partial charge in [-0.3, -0.25) is 0 Å². The van der Waals surface area contributed by atoms with Crippen molar-refractivity contribution in [3.05, 3.63) is 48.2 Å². The molecule has 0 aliphatic carbocycles. The van der Waals surface area contributed by atoms with Gasteiger partial charge in [-0.25, -0.2) is 4.98 Å². The molecular weight excluding hydrogens is 250 g/mol. The lowest BCUT2D eigenvalue weighted by Gasteiger charge is -2.17. The summed E-state index contributed by atoms with van der Waals surface area (Å²) < 4.78 is 5.65. The zero-order chi connectivity index (χ0) is 14.4. The van der Waals surface area contributed by atoms with Crippen LogP contribution >= 0.6 is 0 Å². The summed E-state index contributed by atoms with van der Waals surface area (Å²) in [5, 5.41) is 0. The number of para-hydroxylation sites is 1. The van der Waals surface area contributed by atoms with E-state index in [0.717, 1.165) is 18.6 Å². The lowest BCUT2D eigenvalue weighted by molar-refractivity contribution is 0.310. The summed E-state index contributed by atoms with van der Waals surface area (Å²) in [5.41, 5.74) is 8.14. The van der Waals surface area contributed by atoms with Gasteiger partial charge >= 0.3 is 0 Å². The quantitative estimate of drug-likeness (QED) is 0.821. The van der Waals surface area contributed by atoms with Crippen molar-refractivity contribution < 1.29 is 4.74 Å². The first-order chi connectivity index (χ1) is 9.66. The highest BCUT2D eigenvalue weighted by atomic mass is 16.5. The smallest absolute Gasteiger partial charge is 0.137 e. The van der Waals surface area contributed by atoms with Gasteiger partial charge in [0.1, 0.15) is 11.6 Å². The predicted molar refractivity (Wildman–Crippen MR) is 83.2 cm³/mol. The summed E-state index contributed by atoms with van der Waals surface area (Å²) in [6.07, 6.45) is 3.62. The third kappa shape index (κ3) is 3.88. The van der Waals surface area contributed by atoms with Gasteiger partial charge in [0.25, 0.3) is 0 Å². The van der Waals surface area contributed by atoms with Gasteiger partial charge in [-0.15, -0.1) is 0 Å². The molecule has 4 nitrogen and oxygen atoms in total. The summed E-state index contributed by atoms with van der Waals surface area (Å²) >= 11 is 0. The fourth-order valence-electron chi connectivity index (χ4n) is 2.09. The molecule has 1 heterocycles. The average Bonchev–Trinajstić information content (AvgIpc) is 2.46. The molecule has 0 saturated heterocycles. The minimum atomic E-state index is 0.511. The van der Waals surface area contributed by atoms with Gasteiger partial charge in [0, 0.05) is 19.8 Å². The van der Waals surface area contributed by atoms with E-state index in [-0.39, 0.29) is 0 Å². The van der Waals surface area contributed by atoms with Crippen molar-refractivity contribution in [2.45, 2.75) is 12.8 Å². The standard InChI is InChI=1S/C16H21N3O/c1-19(2)15-8-4-3-6-13(15)7-5-11-20-14-9-10-16(17)18-12-14/h3-4,6,8-10,12H,5,7,11H2,1-2H3,(H2,17,18). The zero-order valence-corrected chi connectivity index (χ0v) is 12.0. The number of hydrogen-bond acceptors (Lipinski definition) is 4. The number of benzene rings is 1. The number of aromatic nitrogens is 1. The van der Waals surface area contributed by atoms with Crippen LogP contribution in [0.25, 0.3) is 0 Å². The number of hydrogen-bond donors (Lipinski definition) is 1. The Kier molecular flexibility index (Phi) is 4.82. The largest absolute Gasteiger partial charge is 0.492 e. The molecule has 1 aromatic heterocycles. The van der Waals surface area contributed by atoms with Crippen LogP contribution in [0.2, 0.25) is 0 Å². The third-order valence-corrected chi connectivity index (χ3v) is 3.09. The number of nitrogen functional groups attached to an aromatic ring is 1. The van der Waals surface area contributed by atoms with Crippen LogP contribution in [-0.4, -0.2) is 25.7 Å². The van der Waals surface area contributed by atoms with Crippen molar-refractivity contribution >= 4 is 11.5 Å². The molecule has 106 valence electrons. The molecule has 2 aromatic rings. The first kappa shape index (κ1) is 14.2. The zero-order valence-electron chi connectivity index (χ0n) is 12.0.